The van der Waals surface area contributed by atoms with Crippen molar-refractivity contribution < 1.29 is 32.9 Å². The minimum absolute atomic E-state index is 0.0794. The maximum absolute atomic E-state index is 13.0. The molecule has 3 atom stereocenters. The van der Waals surface area contributed by atoms with Crippen molar-refractivity contribution in [3.8, 4) is 0 Å². The molecule has 0 saturated heterocycles. The zero-order chi connectivity index (χ0) is 54.9. The molecule has 0 aromatic rings. The highest BCUT2D eigenvalue weighted by Crippen LogP contribution is 2.43. The summed E-state index contributed by atoms with van der Waals surface area (Å²) in [5, 5.41) is 14.1. The third-order valence-electron chi connectivity index (χ3n) is 16.1. The van der Waals surface area contributed by atoms with Crippen LogP contribution in [0, 0.1) is 0 Å². The van der Waals surface area contributed by atoms with Crippen molar-refractivity contribution in [2.75, 3.05) is 40.9 Å². The molecule has 1 amide bonds. The number of amides is 1. The topological polar surface area (TPSA) is 105 Å². The van der Waals surface area contributed by atoms with E-state index in [0.717, 1.165) is 38.5 Å². The van der Waals surface area contributed by atoms with Gasteiger partial charge in [0.2, 0.25) is 5.91 Å². The highest BCUT2D eigenvalue weighted by molar-refractivity contribution is 7.47. The number of carbonyl (C=O) groups is 1. The number of hydrogen-bond acceptors (Lipinski definition) is 5. The molecule has 0 radical (unpaired) electrons. The molecule has 8 nitrogen and oxygen atoms in total. The summed E-state index contributed by atoms with van der Waals surface area (Å²) in [7, 11) is 1.64. The fraction of sp³-hybridized carbons (Fsp3) is 0.985. The first-order valence-electron chi connectivity index (χ1n) is 33.9. The summed E-state index contributed by atoms with van der Waals surface area (Å²) in [5.41, 5.74) is 0. The molecule has 75 heavy (non-hydrogen) atoms. The molecule has 0 aromatic carbocycles. The predicted octanol–water partition coefficient (Wildman–Crippen LogP) is 21.2. The Bertz CT molecular complexity index is 1180. The van der Waals surface area contributed by atoms with Crippen LogP contribution in [0.3, 0.4) is 0 Å². The van der Waals surface area contributed by atoms with Gasteiger partial charge in [0.05, 0.1) is 39.9 Å². The SMILES string of the molecule is CCCCCCCCCCCCCCCCCCCCCCCCCCCCCCCCCCC(O)C(COP(=O)(O)OCC[N+](C)(C)C)NC(=O)CCCCCCCCCCCCCCCCCCCCCCC. The zero-order valence-corrected chi connectivity index (χ0v) is 52.5. The van der Waals surface area contributed by atoms with Crippen LogP contribution in [0.15, 0.2) is 0 Å². The fourth-order valence-corrected chi connectivity index (χ4v) is 11.6. The van der Waals surface area contributed by atoms with Crippen LogP contribution in [0.25, 0.3) is 0 Å². The lowest BCUT2D eigenvalue weighted by molar-refractivity contribution is -0.870. The molecule has 0 saturated carbocycles. The molecule has 9 heteroatoms. The average molecular weight is 1080 g/mol. The van der Waals surface area contributed by atoms with Gasteiger partial charge >= 0.3 is 7.82 Å². The lowest BCUT2D eigenvalue weighted by atomic mass is 10.0. The number of nitrogens with zero attached hydrogens (tertiary/aromatic N) is 1. The summed E-state index contributed by atoms with van der Waals surface area (Å²) >= 11 is 0. The molecule has 0 rings (SSSR count). The lowest BCUT2D eigenvalue weighted by Crippen LogP contribution is -2.46. The van der Waals surface area contributed by atoms with Crippen molar-refractivity contribution >= 4 is 13.7 Å². The van der Waals surface area contributed by atoms with Gasteiger partial charge in [-0.15, -0.1) is 0 Å². The monoisotopic (exact) mass is 1080 g/mol. The van der Waals surface area contributed by atoms with Gasteiger partial charge in [-0.3, -0.25) is 13.8 Å². The molecule has 0 aromatic heterocycles. The number of hydrogen-bond donors (Lipinski definition) is 3. The Labute approximate surface area is 470 Å². The standard InChI is InChI=1S/C66H135N2O6P/c1-6-8-10-12-14-16-18-20-22-24-26-28-29-30-31-32-33-34-35-36-37-38-40-41-43-45-47-49-51-53-55-57-59-65(69)64(63-74-75(71,72)73-62-61-68(3,4)5)67-66(70)60-58-56-54-52-50-48-46-44-42-39-27-25-23-21-19-17-15-13-11-9-7-2/h64-65,69H,6-63H2,1-5H3,(H-,67,70,71,72)/p+1. The van der Waals surface area contributed by atoms with Crippen molar-refractivity contribution in [3.63, 3.8) is 0 Å². The van der Waals surface area contributed by atoms with Crippen LogP contribution < -0.4 is 5.32 Å². The van der Waals surface area contributed by atoms with E-state index in [1.54, 1.807) is 0 Å². The van der Waals surface area contributed by atoms with Crippen LogP contribution >= 0.6 is 7.82 Å². The van der Waals surface area contributed by atoms with Crippen LogP contribution in [0.5, 0.6) is 0 Å². The lowest BCUT2D eigenvalue weighted by Gasteiger charge is -2.26. The van der Waals surface area contributed by atoms with E-state index in [1.807, 2.05) is 21.1 Å². The molecule has 0 spiro atoms. The molecule has 3 N–H and O–H groups in total. The molecule has 450 valence electrons. The van der Waals surface area contributed by atoms with Crippen LogP contribution in [-0.4, -0.2) is 73.4 Å². The van der Waals surface area contributed by atoms with E-state index in [2.05, 4.69) is 19.2 Å². The number of phosphoric ester groups is 1. The Morgan fingerprint density at radius 2 is 0.640 bits per heavy atom. The van der Waals surface area contributed by atoms with Crippen molar-refractivity contribution in [1.82, 2.24) is 5.32 Å². The van der Waals surface area contributed by atoms with E-state index in [9.17, 15) is 19.4 Å². The number of unbranched alkanes of at least 4 members (excludes halogenated alkanes) is 51. The molecular weight excluding hydrogens is 948 g/mol. The van der Waals surface area contributed by atoms with E-state index in [0.29, 0.717) is 23.9 Å². The molecule has 0 aliphatic rings. The maximum atomic E-state index is 13.0. The second-order valence-electron chi connectivity index (χ2n) is 24.9. The zero-order valence-electron chi connectivity index (χ0n) is 51.6. The third kappa shape index (κ3) is 61.0. The van der Waals surface area contributed by atoms with Gasteiger partial charge in [0.15, 0.2) is 0 Å². The molecule has 3 unspecified atom stereocenters. The number of nitrogens with one attached hydrogen (secondary N) is 1. The number of quaternary nitrogens is 1. The normalized spacial score (nSPS) is 13.6. The van der Waals surface area contributed by atoms with Crippen molar-refractivity contribution in [1.29, 1.82) is 0 Å². The number of phosphoric acid groups is 1. The number of aliphatic hydroxyl groups is 1. The fourth-order valence-electron chi connectivity index (χ4n) is 10.8. The van der Waals surface area contributed by atoms with E-state index in [4.69, 9.17) is 9.05 Å². The quantitative estimate of drug-likeness (QED) is 0.0318. The predicted molar refractivity (Wildman–Crippen MR) is 328 cm³/mol. The number of carbonyl (C=O) groups excluding carboxylic acids is 1. The second kappa shape index (κ2) is 58.2. The average Bonchev–Trinajstić information content (AvgIpc) is 3.37. The second-order valence-corrected chi connectivity index (χ2v) is 26.4. The number of aliphatic hydroxyl groups excluding tert-OH is 1. The van der Waals surface area contributed by atoms with Gasteiger partial charge in [0, 0.05) is 6.42 Å². The van der Waals surface area contributed by atoms with Crippen molar-refractivity contribution in [3.05, 3.63) is 0 Å². The largest absolute Gasteiger partial charge is 0.472 e. The Morgan fingerprint density at radius 1 is 0.400 bits per heavy atom. The van der Waals surface area contributed by atoms with E-state index in [-0.39, 0.29) is 19.1 Å². The Morgan fingerprint density at radius 3 is 0.893 bits per heavy atom. The summed E-state index contributed by atoms with van der Waals surface area (Å²) in [6, 6.07) is -0.756. The third-order valence-corrected chi connectivity index (χ3v) is 17.1. The Balaban J connectivity index is 3.98. The summed E-state index contributed by atoms with van der Waals surface area (Å²) in [6.07, 6.45) is 72.0. The minimum Gasteiger partial charge on any atom is -0.391 e. The first-order chi connectivity index (χ1) is 36.5. The summed E-state index contributed by atoms with van der Waals surface area (Å²) in [4.78, 5) is 23.4. The molecule has 0 aliphatic heterocycles. The highest BCUT2D eigenvalue weighted by atomic mass is 31.2. The van der Waals surface area contributed by atoms with E-state index in [1.165, 1.54) is 302 Å². The molecule has 0 bridgehead atoms. The minimum atomic E-state index is -4.32. The molecular formula is C66H136N2O6P+. The van der Waals surface area contributed by atoms with Crippen LogP contribution in [0.4, 0.5) is 0 Å². The number of rotatable bonds is 64. The maximum Gasteiger partial charge on any atom is 0.472 e. The first kappa shape index (κ1) is 74.5. The summed E-state index contributed by atoms with van der Waals surface area (Å²) in [6.45, 7) is 4.96. The van der Waals surface area contributed by atoms with Gasteiger partial charge in [-0.25, -0.2) is 4.57 Å². The van der Waals surface area contributed by atoms with Crippen LogP contribution in [0.1, 0.15) is 367 Å². The van der Waals surface area contributed by atoms with Gasteiger partial charge in [-0.2, -0.15) is 0 Å². The van der Waals surface area contributed by atoms with E-state index < -0.39 is 20.0 Å². The smallest absolute Gasteiger partial charge is 0.391 e. The van der Waals surface area contributed by atoms with Gasteiger partial charge in [-0.1, -0.05) is 348 Å². The molecule has 0 heterocycles. The van der Waals surface area contributed by atoms with Crippen LogP contribution in [-0.2, 0) is 18.4 Å². The van der Waals surface area contributed by atoms with E-state index >= 15 is 0 Å². The summed E-state index contributed by atoms with van der Waals surface area (Å²) in [5.74, 6) is -0.134. The Kier molecular flexibility index (Phi) is 57.8. The first-order valence-corrected chi connectivity index (χ1v) is 35.4. The molecule has 0 fully saturated rings. The summed E-state index contributed by atoms with van der Waals surface area (Å²) < 4.78 is 23.9. The van der Waals surface area contributed by atoms with Gasteiger partial charge in [0.1, 0.15) is 13.2 Å². The van der Waals surface area contributed by atoms with Crippen molar-refractivity contribution in [2.24, 2.45) is 0 Å². The van der Waals surface area contributed by atoms with Gasteiger partial charge < -0.3 is 19.8 Å². The van der Waals surface area contributed by atoms with Crippen LogP contribution in [0.2, 0.25) is 0 Å². The molecule has 0 aliphatic carbocycles. The highest BCUT2D eigenvalue weighted by Gasteiger charge is 2.28. The van der Waals surface area contributed by atoms with Gasteiger partial charge in [-0.05, 0) is 12.8 Å². The number of likely N-dealkylation sites (N-methyl/N-ethyl adjacent to an activating group) is 1. The van der Waals surface area contributed by atoms with Gasteiger partial charge in [0.25, 0.3) is 0 Å². The Hall–Kier alpha value is -0.500. The van der Waals surface area contributed by atoms with Crippen molar-refractivity contribution in [2.45, 2.75) is 379 Å².